The van der Waals surface area contributed by atoms with Crippen LogP contribution in [0.4, 0.5) is 16.2 Å². The first-order chi connectivity index (χ1) is 16.2. The Balaban J connectivity index is 1.55. The second kappa shape index (κ2) is 11.1. The minimum Gasteiger partial charge on any atom is -0.462 e. The summed E-state index contributed by atoms with van der Waals surface area (Å²) in [6, 6.07) is 12.2. The zero-order valence-corrected chi connectivity index (χ0v) is 19.8. The van der Waals surface area contributed by atoms with Gasteiger partial charge in [-0.15, -0.1) is 0 Å². The van der Waals surface area contributed by atoms with Crippen LogP contribution >= 0.6 is 0 Å². The number of hydrogen-bond donors (Lipinski definition) is 2. The van der Waals surface area contributed by atoms with Crippen molar-refractivity contribution in [3.8, 4) is 0 Å². The normalized spacial score (nSPS) is 14.8. The summed E-state index contributed by atoms with van der Waals surface area (Å²) in [4.78, 5) is 35.7. The van der Waals surface area contributed by atoms with Crippen LogP contribution in [0.5, 0.6) is 0 Å². The van der Waals surface area contributed by atoms with E-state index in [1.807, 2.05) is 0 Å². The lowest BCUT2D eigenvalue weighted by Gasteiger charge is -2.30. The Morgan fingerprint density at radius 2 is 1.50 bits per heavy atom. The highest BCUT2D eigenvalue weighted by molar-refractivity contribution is 7.89. The summed E-state index contributed by atoms with van der Waals surface area (Å²) in [7, 11) is -2.47. The van der Waals surface area contributed by atoms with Crippen LogP contribution < -0.4 is 10.6 Å². The molecule has 34 heavy (non-hydrogen) atoms. The number of hydrogen-bond acceptors (Lipinski definition) is 7. The second-order valence-corrected chi connectivity index (χ2v) is 9.54. The summed E-state index contributed by atoms with van der Waals surface area (Å²) in [6.07, 6.45) is 0.176. The van der Waals surface area contributed by atoms with E-state index in [0.717, 1.165) is 0 Å². The van der Waals surface area contributed by atoms with Gasteiger partial charge in [0.15, 0.2) is 0 Å². The Kier molecular flexibility index (Phi) is 8.24. The number of piperidine rings is 1. The average molecular weight is 490 g/mol. The Hall–Kier alpha value is -3.44. The van der Waals surface area contributed by atoms with Gasteiger partial charge >= 0.3 is 12.1 Å². The molecule has 2 aromatic rings. The Morgan fingerprint density at radius 3 is 2.03 bits per heavy atom. The maximum absolute atomic E-state index is 13.0. The Bertz CT molecular complexity index is 1120. The Morgan fingerprint density at radius 1 is 0.941 bits per heavy atom. The van der Waals surface area contributed by atoms with Gasteiger partial charge in [0.2, 0.25) is 15.9 Å². The molecular formula is C23H27N3O7S. The van der Waals surface area contributed by atoms with Gasteiger partial charge < -0.3 is 14.8 Å². The number of ether oxygens (including phenoxy) is 2. The van der Waals surface area contributed by atoms with Gasteiger partial charge in [0, 0.05) is 30.4 Å². The van der Waals surface area contributed by atoms with Gasteiger partial charge in [-0.2, -0.15) is 4.31 Å². The first-order valence-corrected chi connectivity index (χ1v) is 12.2. The van der Waals surface area contributed by atoms with E-state index in [9.17, 15) is 22.8 Å². The number of carbonyl (C=O) groups excluding carboxylic acids is 3. The zero-order chi connectivity index (χ0) is 24.7. The predicted molar refractivity (Wildman–Crippen MR) is 125 cm³/mol. The van der Waals surface area contributed by atoms with Crippen molar-refractivity contribution in [3.63, 3.8) is 0 Å². The van der Waals surface area contributed by atoms with E-state index in [4.69, 9.17) is 4.74 Å². The standard InChI is InChI=1S/C23H27N3O7S/c1-3-33-22(28)17-4-10-20(11-5-17)34(30,31)26-14-12-16(13-15-26)21(27)24-18-6-8-19(9-7-18)25-23(29)32-2/h4-11,16H,3,12-15H2,1-2H3,(H,24,27)(H,25,29). The molecule has 0 unspecified atom stereocenters. The van der Waals surface area contributed by atoms with Crippen molar-refractivity contribution in [1.82, 2.24) is 4.31 Å². The highest BCUT2D eigenvalue weighted by Crippen LogP contribution is 2.25. The average Bonchev–Trinajstić information content (AvgIpc) is 2.85. The monoisotopic (exact) mass is 489 g/mol. The molecule has 2 N–H and O–H groups in total. The van der Waals surface area contributed by atoms with E-state index in [2.05, 4.69) is 15.4 Å². The molecule has 2 amide bonds. The fourth-order valence-electron chi connectivity index (χ4n) is 3.53. The van der Waals surface area contributed by atoms with Crippen molar-refractivity contribution in [2.45, 2.75) is 24.7 Å². The summed E-state index contributed by atoms with van der Waals surface area (Å²) in [5.74, 6) is -1.03. The number of esters is 1. The fourth-order valence-corrected chi connectivity index (χ4v) is 5.00. The number of nitrogens with zero attached hydrogens (tertiary/aromatic N) is 1. The van der Waals surface area contributed by atoms with Crippen LogP contribution in [0, 0.1) is 5.92 Å². The molecule has 2 aromatic carbocycles. The number of benzene rings is 2. The van der Waals surface area contributed by atoms with Gasteiger partial charge in [0.05, 0.1) is 24.2 Å². The maximum atomic E-state index is 13.0. The van der Waals surface area contributed by atoms with E-state index in [1.54, 1.807) is 31.2 Å². The van der Waals surface area contributed by atoms with E-state index in [-0.39, 0.29) is 42.0 Å². The molecule has 0 radical (unpaired) electrons. The van der Waals surface area contributed by atoms with E-state index >= 15 is 0 Å². The van der Waals surface area contributed by atoms with Gasteiger partial charge in [-0.3, -0.25) is 10.1 Å². The lowest BCUT2D eigenvalue weighted by atomic mass is 9.97. The summed E-state index contributed by atoms with van der Waals surface area (Å²) in [5.41, 5.74) is 1.38. The lowest BCUT2D eigenvalue weighted by Crippen LogP contribution is -2.41. The molecule has 0 saturated carbocycles. The predicted octanol–water partition coefficient (Wildman–Crippen LogP) is 3.08. The minimum absolute atomic E-state index is 0.0871. The summed E-state index contributed by atoms with van der Waals surface area (Å²) in [5, 5.41) is 5.35. The summed E-state index contributed by atoms with van der Waals surface area (Å²) in [6.45, 7) is 2.35. The lowest BCUT2D eigenvalue weighted by molar-refractivity contribution is -0.120. The van der Waals surface area contributed by atoms with Crippen LogP contribution in [0.2, 0.25) is 0 Å². The minimum atomic E-state index is -3.74. The zero-order valence-electron chi connectivity index (χ0n) is 18.9. The number of methoxy groups -OCH3 is 1. The van der Waals surface area contributed by atoms with E-state index in [1.165, 1.54) is 35.7 Å². The molecule has 0 spiro atoms. The highest BCUT2D eigenvalue weighted by Gasteiger charge is 2.32. The molecule has 11 heteroatoms. The molecule has 1 aliphatic rings. The first kappa shape index (κ1) is 25.2. The van der Waals surface area contributed by atoms with Crippen molar-refractivity contribution in [1.29, 1.82) is 0 Å². The van der Waals surface area contributed by atoms with Crippen LogP contribution in [0.3, 0.4) is 0 Å². The fraction of sp³-hybridized carbons (Fsp3) is 0.348. The third-order valence-corrected chi connectivity index (χ3v) is 7.33. The van der Waals surface area contributed by atoms with Crippen LogP contribution in [0.25, 0.3) is 0 Å². The van der Waals surface area contributed by atoms with Crippen LogP contribution in [-0.2, 0) is 24.3 Å². The topological polar surface area (TPSA) is 131 Å². The Labute approximate surface area is 198 Å². The van der Waals surface area contributed by atoms with Crippen molar-refractivity contribution in [2.24, 2.45) is 5.92 Å². The van der Waals surface area contributed by atoms with Gasteiger partial charge in [-0.1, -0.05) is 0 Å². The molecule has 3 rings (SSSR count). The molecule has 0 aromatic heterocycles. The molecule has 1 fully saturated rings. The number of carbonyl (C=O) groups is 3. The number of nitrogens with one attached hydrogen (secondary N) is 2. The van der Waals surface area contributed by atoms with Crippen LogP contribution in [-0.4, -0.2) is 57.5 Å². The molecule has 0 aliphatic carbocycles. The quantitative estimate of drug-likeness (QED) is 0.572. The molecule has 1 heterocycles. The first-order valence-electron chi connectivity index (χ1n) is 10.8. The van der Waals surface area contributed by atoms with Gasteiger partial charge in [-0.25, -0.2) is 18.0 Å². The number of rotatable bonds is 7. The van der Waals surface area contributed by atoms with Crippen molar-refractivity contribution < 1.29 is 32.3 Å². The maximum Gasteiger partial charge on any atom is 0.411 e. The third kappa shape index (κ3) is 6.12. The molecule has 10 nitrogen and oxygen atoms in total. The highest BCUT2D eigenvalue weighted by atomic mass is 32.2. The SMILES string of the molecule is CCOC(=O)c1ccc(S(=O)(=O)N2CCC(C(=O)Nc3ccc(NC(=O)OC)cc3)CC2)cc1. The van der Waals surface area contributed by atoms with Crippen molar-refractivity contribution in [2.75, 3.05) is 37.4 Å². The smallest absolute Gasteiger partial charge is 0.411 e. The number of sulfonamides is 1. The summed E-state index contributed by atoms with van der Waals surface area (Å²) >= 11 is 0. The van der Waals surface area contributed by atoms with Gasteiger partial charge in [0.25, 0.3) is 0 Å². The molecule has 182 valence electrons. The molecule has 1 aliphatic heterocycles. The second-order valence-electron chi connectivity index (χ2n) is 7.61. The number of amides is 2. The van der Waals surface area contributed by atoms with Crippen molar-refractivity contribution >= 4 is 39.4 Å². The number of anilines is 2. The molecule has 0 atom stereocenters. The molecular weight excluding hydrogens is 462 g/mol. The van der Waals surface area contributed by atoms with E-state index < -0.39 is 22.1 Å². The van der Waals surface area contributed by atoms with Crippen LogP contribution in [0.1, 0.15) is 30.1 Å². The molecule has 0 bridgehead atoms. The largest absolute Gasteiger partial charge is 0.462 e. The molecule has 1 saturated heterocycles. The van der Waals surface area contributed by atoms with Crippen LogP contribution in [0.15, 0.2) is 53.4 Å². The van der Waals surface area contributed by atoms with Gasteiger partial charge in [0.1, 0.15) is 0 Å². The third-order valence-electron chi connectivity index (χ3n) is 5.41. The summed E-state index contributed by atoms with van der Waals surface area (Å²) < 4.78 is 36.7. The van der Waals surface area contributed by atoms with E-state index in [0.29, 0.717) is 24.2 Å². The van der Waals surface area contributed by atoms with Gasteiger partial charge in [-0.05, 0) is 68.3 Å². The van der Waals surface area contributed by atoms with Crippen molar-refractivity contribution in [3.05, 3.63) is 54.1 Å².